The van der Waals surface area contributed by atoms with Crippen LogP contribution >= 0.6 is 11.6 Å². The number of piperidine rings is 1. The number of hydrogen-bond donors (Lipinski definition) is 1. The quantitative estimate of drug-likeness (QED) is 0.300. The van der Waals surface area contributed by atoms with Gasteiger partial charge in [0, 0.05) is 47.2 Å². The molecule has 6 rings (SSSR count). The smallest absolute Gasteiger partial charge is 0.247 e. The number of aromatic nitrogens is 6. The number of benzene rings is 3. The molecule has 0 aliphatic carbocycles. The maximum Gasteiger partial charge on any atom is 0.247 e. The second-order valence-corrected chi connectivity index (χ2v) is 10.4. The molecule has 3 aromatic carbocycles. The Morgan fingerprint density at radius 1 is 1.07 bits per heavy atom. The summed E-state index contributed by atoms with van der Waals surface area (Å²) in [4.78, 5) is 29.4. The minimum atomic E-state index is -0.703. The van der Waals surface area contributed by atoms with Crippen molar-refractivity contribution in [1.82, 2.24) is 34.9 Å². The lowest BCUT2D eigenvalue weighted by Gasteiger charge is -2.40. The Morgan fingerprint density at radius 3 is 2.73 bits per heavy atom. The Morgan fingerprint density at radius 2 is 1.93 bits per heavy atom. The third-order valence-electron chi connectivity index (χ3n) is 7.42. The van der Waals surface area contributed by atoms with Crippen LogP contribution < -0.4 is 5.32 Å². The van der Waals surface area contributed by atoms with E-state index in [1.54, 1.807) is 40.1 Å². The highest BCUT2D eigenvalue weighted by Gasteiger charge is 2.39. The summed E-state index contributed by atoms with van der Waals surface area (Å²) in [7, 11) is 1.87. The molecular weight excluding hydrogens is 540 g/mol. The van der Waals surface area contributed by atoms with Gasteiger partial charge >= 0.3 is 0 Å². The van der Waals surface area contributed by atoms with Gasteiger partial charge < -0.3 is 10.2 Å². The Balaban J connectivity index is 1.31. The van der Waals surface area contributed by atoms with Crippen LogP contribution in [0, 0.1) is 0 Å². The fraction of sp³-hybridized carbons (Fsp3) is 0.200. The average molecular weight is 567 g/mol. The molecule has 0 radical (unpaired) electrons. The van der Waals surface area contributed by atoms with Crippen LogP contribution in [0.1, 0.15) is 29.9 Å². The number of anilines is 1. The van der Waals surface area contributed by atoms with E-state index in [4.69, 9.17) is 11.6 Å². The van der Waals surface area contributed by atoms with E-state index in [0.29, 0.717) is 28.5 Å². The van der Waals surface area contributed by atoms with Crippen molar-refractivity contribution in [3.05, 3.63) is 101 Å². The number of aryl methyl sites for hydroxylation is 1. The van der Waals surface area contributed by atoms with Crippen LogP contribution in [0.25, 0.3) is 22.7 Å². The van der Waals surface area contributed by atoms with Gasteiger partial charge in [-0.05, 0) is 71.3 Å². The highest BCUT2D eigenvalue weighted by Crippen LogP contribution is 2.34. The SMILES string of the molecule is Cn1ncc2cc(NC(=O)C3C(c4ccccc4)CCCN3C(=O)C=Cc3cc(Cl)ccc3-n3cnnn3)ccc21. The summed E-state index contributed by atoms with van der Waals surface area (Å²) in [6, 6.07) is 20.1. The molecule has 206 valence electrons. The number of rotatable bonds is 6. The predicted octanol–water partition coefficient (Wildman–Crippen LogP) is 4.63. The number of tetrazole rings is 1. The Hall–Kier alpha value is -4.83. The largest absolute Gasteiger partial charge is 0.326 e. The molecule has 10 nitrogen and oxygen atoms in total. The van der Waals surface area contributed by atoms with Crippen LogP contribution in [-0.4, -0.2) is 59.3 Å². The first kappa shape index (κ1) is 26.4. The standard InChI is InChI=1S/C30H27ClN8O2/c1-37-26-13-11-24(17-22(26)18-33-37)34-30(41)29-25(20-6-3-2-4-7-20)8-5-15-38(29)28(40)14-9-21-16-23(31)10-12-27(21)39-19-32-35-36-39/h2-4,6-7,9-14,16-19,25,29H,5,8,15H2,1H3,(H,34,41). The Bertz CT molecular complexity index is 1730. The summed E-state index contributed by atoms with van der Waals surface area (Å²) in [6.07, 6.45) is 7.96. The number of carbonyl (C=O) groups is 2. The molecule has 0 saturated carbocycles. The third-order valence-corrected chi connectivity index (χ3v) is 7.65. The van der Waals surface area contributed by atoms with E-state index in [-0.39, 0.29) is 17.7 Å². The zero-order chi connectivity index (χ0) is 28.3. The van der Waals surface area contributed by atoms with Crippen molar-refractivity contribution < 1.29 is 9.59 Å². The summed E-state index contributed by atoms with van der Waals surface area (Å²) < 4.78 is 3.28. The number of halogens is 1. The summed E-state index contributed by atoms with van der Waals surface area (Å²) in [5.41, 5.74) is 3.98. The van der Waals surface area contributed by atoms with E-state index < -0.39 is 6.04 Å². The summed E-state index contributed by atoms with van der Waals surface area (Å²) in [5, 5.41) is 20.2. The molecular formula is C30H27ClN8O2. The number of likely N-dealkylation sites (tertiary alicyclic amines) is 1. The Labute approximate surface area is 241 Å². The molecule has 2 atom stereocenters. The van der Waals surface area contributed by atoms with Gasteiger partial charge in [-0.25, -0.2) is 0 Å². The van der Waals surface area contributed by atoms with Crippen LogP contribution in [-0.2, 0) is 16.6 Å². The molecule has 1 N–H and O–H groups in total. The number of carbonyl (C=O) groups excluding carboxylic acids is 2. The van der Waals surface area contributed by atoms with E-state index in [1.807, 2.05) is 55.6 Å². The zero-order valence-electron chi connectivity index (χ0n) is 22.3. The van der Waals surface area contributed by atoms with Crippen molar-refractivity contribution >= 4 is 46.1 Å². The van der Waals surface area contributed by atoms with Crippen LogP contribution in [0.5, 0.6) is 0 Å². The predicted molar refractivity (Wildman–Crippen MR) is 156 cm³/mol. The normalized spacial score (nSPS) is 17.3. The monoisotopic (exact) mass is 566 g/mol. The second kappa shape index (κ2) is 11.3. The summed E-state index contributed by atoms with van der Waals surface area (Å²) >= 11 is 6.26. The zero-order valence-corrected chi connectivity index (χ0v) is 23.0. The number of amides is 2. The third kappa shape index (κ3) is 5.46. The van der Waals surface area contributed by atoms with Crippen molar-refractivity contribution in [3.63, 3.8) is 0 Å². The van der Waals surface area contributed by atoms with Crippen molar-refractivity contribution in [2.45, 2.75) is 24.8 Å². The number of nitrogens with zero attached hydrogens (tertiary/aromatic N) is 7. The summed E-state index contributed by atoms with van der Waals surface area (Å²) in [5.74, 6) is -0.663. The average Bonchev–Trinajstić information content (AvgIpc) is 3.66. The first-order valence-corrected chi connectivity index (χ1v) is 13.6. The second-order valence-electron chi connectivity index (χ2n) is 9.96. The molecule has 0 spiro atoms. The molecule has 1 fully saturated rings. The minimum absolute atomic E-state index is 0.160. The maximum absolute atomic E-state index is 13.9. The molecule has 1 aliphatic rings. The molecule has 2 amide bonds. The highest BCUT2D eigenvalue weighted by molar-refractivity contribution is 6.30. The van der Waals surface area contributed by atoms with Gasteiger partial charge in [0.2, 0.25) is 11.8 Å². The van der Waals surface area contributed by atoms with E-state index in [9.17, 15) is 9.59 Å². The molecule has 3 heterocycles. The van der Waals surface area contributed by atoms with E-state index in [0.717, 1.165) is 29.3 Å². The van der Waals surface area contributed by atoms with E-state index in [1.165, 1.54) is 17.1 Å². The van der Waals surface area contributed by atoms with Crippen LogP contribution in [0.3, 0.4) is 0 Å². The molecule has 1 aliphatic heterocycles. The first-order valence-electron chi connectivity index (χ1n) is 13.3. The maximum atomic E-state index is 13.9. The van der Waals surface area contributed by atoms with Crippen molar-refractivity contribution in [2.24, 2.45) is 7.05 Å². The van der Waals surface area contributed by atoms with Crippen molar-refractivity contribution in [2.75, 3.05) is 11.9 Å². The topological polar surface area (TPSA) is 111 Å². The molecule has 2 aromatic heterocycles. The lowest BCUT2D eigenvalue weighted by Crippen LogP contribution is -2.53. The van der Waals surface area contributed by atoms with Crippen LogP contribution in [0.15, 0.2) is 85.3 Å². The fourth-order valence-electron chi connectivity index (χ4n) is 5.47. The van der Waals surface area contributed by atoms with Gasteiger partial charge in [-0.15, -0.1) is 5.10 Å². The van der Waals surface area contributed by atoms with Gasteiger partial charge in [0.05, 0.1) is 17.4 Å². The van der Waals surface area contributed by atoms with Crippen molar-refractivity contribution in [1.29, 1.82) is 0 Å². The first-order chi connectivity index (χ1) is 20.0. The van der Waals surface area contributed by atoms with Crippen molar-refractivity contribution in [3.8, 4) is 5.69 Å². The van der Waals surface area contributed by atoms with E-state index in [2.05, 4.69) is 25.9 Å². The fourth-order valence-corrected chi connectivity index (χ4v) is 5.65. The van der Waals surface area contributed by atoms with Gasteiger partial charge in [0.25, 0.3) is 0 Å². The van der Waals surface area contributed by atoms with Gasteiger partial charge in [-0.1, -0.05) is 41.9 Å². The Kier molecular flexibility index (Phi) is 7.30. The van der Waals surface area contributed by atoms with Gasteiger partial charge in [0.15, 0.2) is 0 Å². The molecule has 5 aromatic rings. The van der Waals surface area contributed by atoms with Gasteiger partial charge in [-0.3, -0.25) is 14.3 Å². The molecule has 2 unspecified atom stereocenters. The number of fused-ring (bicyclic) bond motifs is 1. The minimum Gasteiger partial charge on any atom is -0.326 e. The summed E-state index contributed by atoms with van der Waals surface area (Å²) in [6.45, 7) is 0.460. The van der Waals surface area contributed by atoms with Gasteiger partial charge in [0.1, 0.15) is 12.4 Å². The van der Waals surface area contributed by atoms with Crippen LogP contribution in [0.4, 0.5) is 5.69 Å². The molecule has 11 heteroatoms. The molecule has 41 heavy (non-hydrogen) atoms. The number of hydrogen-bond acceptors (Lipinski definition) is 6. The lowest BCUT2D eigenvalue weighted by atomic mass is 9.82. The molecule has 0 bridgehead atoms. The molecule has 1 saturated heterocycles. The van der Waals surface area contributed by atoms with Crippen LogP contribution in [0.2, 0.25) is 5.02 Å². The van der Waals surface area contributed by atoms with Gasteiger partial charge in [-0.2, -0.15) is 9.78 Å². The number of nitrogens with one attached hydrogen (secondary N) is 1. The highest BCUT2D eigenvalue weighted by atomic mass is 35.5. The van der Waals surface area contributed by atoms with E-state index >= 15 is 0 Å². The lowest BCUT2D eigenvalue weighted by molar-refractivity contribution is -0.137.